The number of carbonyl (C=O) groups is 3. The van der Waals surface area contributed by atoms with E-state index in [0.717, 1.165) is 5.56 Å². The predicted molar refractivity (Wildman–Crippen MR) is 127 cm³/mol. The minimum Gasteiger partial charge on any atom is -0.462 e. The molecule has 0 atom stereocenters. The van der Waals surface area contributed by atoms with Crippen molar-refractivity contribution in [3.63, 3.8) is 0 Å². The van der Waals surface area contributed by atoms with Gasteiger partial charge >= 0.3 is 65.3 Å². The van der Waals surface area contributed by atoms with Crippen molar-refractivity contribution >= 4 is 17.9 Å². The van der Waals surface area contributed by atoms with E-state index >= 15 is 0 Å². The highest BCUT2D eigenvalue weighted by Gasteiger charge is 2.96. The van der Waals surface area contributed by atoms with E-state index in [4.69, 9.17) is 4.74 Å². The van der Waals surface area contributed by atoms with E-state index < -0.39 is 84.9 Å². The molecular formula is C26H24F16O6. The van der Waals surface area contributed by atoms with Crippen LogP contribution in [0, 0.1) is 6.92 Å². The zero-order valence-corrected chi connectivity index (χ0v) is 24.3. The minimum atomic E-state index is -8.77. The summed E-state index contributed by atoms with van der Waals surface area (Å²) >= 11 is 0. The molecule has 1 rings (SSSR count). The van der Waals surface area contributed by atoms with Crippen LogP contribution in [0.4, 0.5) is 70.2 Å². The summed E-state index contributed by atoms with van der Waals surface area (Å²) in [7, 11) is 0. The number of hydrogen-bond acceptors (Lipinski definition) is 6. The Kier molecular flexibility index (Phi) is 12.9. The maximum Gasteiger partial charge on any atom is 0.410 e. The molecule has 1 aromatic carbocycles. The summed E-state index contributed by atoms with van der Waals surface area (Å²) < 4.78 is 234. The topological polar surface area (TPSA) is 78.9 Å². The number of rotatable bonds is 18. The molecule has 0 aromatic heterocycles. The molecule has 6 nitrogen and oxygen atoms in total. The Morgan fingerprint density at radius 2 is 0.833 bits per heavy atom. The molecule has 0 spiro atoms. The zero-order chi connectivity index (χ0) is 37.8. The molecular weight excluding hydrogens is 712 g/mol. The van der Waals surface area contributed by atoms with Crippen LogP contribution in [0.1, 0.15) is 48.5 Å². The summed E-state index contributed by atoms with van der Waals surface area (Å²) in [5, 5.41) is 0. The van der Waals surface area contributed by atoms with Gasteiger partial charge in [0.15, 0.2) is 0 Å². The lowest BCUT2D eigenvalue weighted by atomic mass is 9.87. The van der Waals surface area contributed by atoms with Gasteiger partial charge in [-0.25, -0.2) is 14.4 Å². The Morgan fingerprint density at radius 3 is 1.21 bits per heavy atom. The molecule has 0 fully saturated rings. The Bertz CT molecular complexity index is 1280. The van der Waals surface area contributed by atoms with Crippen LogP contribution in [0.15, 0.2) is 24.3 Å². The van der Waals surface area contributed by atoms with Crippen molar-refractivity contribution in [1.29, 1.82) is 0 Å². The van der Waals surface area contributed by atoms with Crippen molar-refractivity contribution < 1.29 is 98.8 Å². The molecule has 48 heavy (non-hydrogen) atoms. The number of aryl methyl sites for hydroxylation is 1. The largest absolute Gasteiger partial charge is 0.462 e. The van der Waals surface area contributed by atoms with Gasteiger partial charge in [0, 0.05) is 0 Å². The van der Waals surface area contributed by atoms with Crippen LogP contribution < -0.4 is 0 Å². The maximum atomic E-state index is 14.0. The molecule has 22 heteroatoms. The van der Waals surface area contributed by atoms with Crippen LogP contribution in [0.25, 0.3) is 0 Å². The molecule has 0 aliphatic rings. The van der Waals surface area contributed by atoms with E-state index in [2.05, 4.69) is 9.47 Å². The number of esters is 3. The normalized spacial score (nSPS) is 14.0. The third kappa shape index (κ3) is 7.40. The number of halogens is 16. The van der Waals surface area contributed by atoms with Gasteiger partial charge in [0.2, 0.25) is 0 Å². The van der Waals surface area contributed by atoms with Crippen LogP contribution >= 0.6 is 0 Å². The number of alkyl halides is 16. The third-order valence-corrected chi connectivity index (χ3v) is 6.34. The lowest BCUT2D eigenvalue weighted by Gasteiger charge is -2.42. The molecule has 0 saturated carbocycles. The quantitative estimate of drug-likeness (QED) is 0.0661. The molecule has 0 amide bonds. The van der Waals surface area contributed by atoms with Crippen molar-refractivity contribution in [1.82, 2.24) is 0 Å². The summed E-state index contributed by atoms with van der Waals surface area (Å²) in [6.07, 6.45) is -0.499. The zero-order valence-electron chi connectivity index (χ0n) is 24.3. The van der Waals surface area contributed by atoms with Gasteiger partial charge in [-0.2, -0.15) is 70.2 Å². The van der Waals surface area contributed by atoms with E-state index in [-0.39, 0.29) is 31.4 Å². The van der Waals surface area contributed by atoms with Gasteiger partial charge in [-0.05, 0) is 51.7 Å². The van der Waals surface area contributed by atoms with Crippen molar-refractivity contribution in [2.24, 2.45) is 0 Å². The van der Waals surface area contributed by atoms with Gasteiger partial charge in [0.25, 0.3) is 0 Å². The first kappa shape index (κ1) is 42.5. The van der Waals surface area contributed by atoms with Crippen molar-refractivity contribution in [3.8, 4) is 0 Å². The Labute approximate surface area is 259 Å². The fourth-order valence-corrected chi connectivity index (χ4v) is 3.41. The second kappa shape index (κ2) is 14.6. The highest BCUT2D eigenvalue weighted by Crippen LogP contribution is 2.64. The average molecular weight is 736 g/mol. The Balaban J connectivity index is 2.98. The van der Waals surface area contributed by atoms with E-state index in [1.807, 2.05) is 0 Å². The average Bonchev–Trinajstić information content (AvgIpc) is 2.97. The van der Waals surface area contributed by atoms with E-state index in [1.54, 1.807) is 19.1 Å². The summed E-state index contributed by atoms with van der Waals surface area (Å²) in [6.45, 7) is -0.563. The first-order valence-electron chi connectivity index (χ1n) is 13.1. The first-order valence-corrected chi connectivity index (χ1v) is 13.1. The highest BCUT2D eigenvalue weighted by molar-refractivity contribution is 5.89. The molecule has 0 aliphatic carbocycles. The molecule has 0 heterocycles. The molecule has 1 aromatic rings. The van der Waals surface area contributed by atoms with Gasteiger partial charge in [-0.1, -0.05) is 17.7 Å². The van der Waals surface area contributed by atoms with Gasteiger partial charge < -0.3 is 14.2 Å². The maximum absolute atomic E-state index is 14.0. The summed E-state index contributed by atoms with van der Waals surface area (Å²) in [4.78, 5) is 34.2. The first-order chi connectivity index (χ1) is 21.5. The predicted octanol–water partition coefficient (Wildman–Crippen LogP) is 7.90. The van der Waals surface area contributed by atoms with Crippen molar-refractivity contribution in [3.05, 3.63) is 35.4 Å². The smallest absolute Gasteiger partial charge is 0.410 e. The molecule has 0 N–H and O–H groups in total. The van der Waals surface area contributed by atoms with Crippen molar-refractivity contribution in [2.75, 3.05) is 19.8 Å². The SMILES string of the molecule is CCOC(=O)C(F)(F)C(F)(F)C(F)(F)C(F)(F)C(F)(F)C(F)(F)C(F)(F)C(F)(F)C(=O)OCCCCCCOC(=O)c1ccc(C)cc1. The van der Waals surface area contributed by atoms with E-state index in [1.165, 1.54) is 12.1 Å². The van der Waals surface area contributed by atoms with Crippen LogP contribution in [-0.4, -0.2) is 85.1 Å². The summed E-state index contributed by atoms with van der Waals surface area (Å²) in [5.74, 6) is -73.7. The minimum absolute atomic E-state index is 0.0682. The van der Waals surface area contributed by atoms with Crippen LogP contribution in [-0.2, 0) is 23.8 Å². The number of ether oxygens (including phenoxy) is 3. The monoisotopic (exact) mass is 736 g/mol. The van der Waals surface area contributed by atoms with Crippen LogP contribution in [0.5, 0.6) is 0 Å². The molecule has 0 bridgehead atoms. The van der Waals surface area contributed by atoms with Crippen molar-refractivity contribution in [2.45, 2.75) is 86.9 Å². The second-order valence-electron chi connectivity index (χ2n) is 9.87. The third-order valence-electron chi connectivity index (χ3n) is 6.34. The molecule has 276 valence electrons. The molecule has 0 unspecified atom stereocenters. The number of hydrogen-bond donors (Lipinski definition) is 0. The number of unbranched alkanes of at least 4 members (excludes halogenated alkanes) is 3. The highest BCUT2D eigenvalue weighted by atomic mass is 19.4. The van der Waals surface area contributed by atoms with Crippen LogP contribution in [0.2, 0.25) is 0 Å². The van der Waals surface area contributed by atoms with E-state index in [9.17, 15) is 84.6 Å². The summed E-state index contributed by atoms with van der Waals surface area (Å²) in [6, 6.07) is 6.13. The molecule has 0 aliphatic heterocycles. The van der Waals surface area contributed by atoms with Gasteiger partial charge in [0.05, 0.1) is 25.4 Å². The Hall–Kier alpha value is -3.49. The van der Waals surface area contributed by atoms with Gasteiger partial charge in [-0.15, -0.1) is 0 Å². The summed E-state index contributed by atoms with van der Waals surface area (Å²) in [5.41, 5.74) is 1.03. The van der Waals surface area contributed by atoms with E-state index in [0.29, 0.717) is 6.92 Å². The fraction of sp³-hybridized carbons (Fsp3) is 0.654. The number of carbonyl (C=O) groups excluding carboxylic acids is 3. The lowest BCUT2D eigenvalue weighted by Crippen LogP contribution is -2.75. The molecule has 0 saturated heterocycles. The molecule has 0 radical (unpaired) electrons. The lowest BCUT2D eigenvalue weighted by molar-refractivity contribution is -0.449. The fourth-order valence-electron chi connectivity index (χ4n) is 3.41. The second-order valence-corrected chi connectivity index (χ2v) is 9.87. The van der Waals surface area contributed by atoms with Crippen LogP contribution in [0.3, 0.4) is 0 Å². The Morgan fingerprint density at radius 1 is 0.500 bits per heavy atom. The number of benzene rings is 1. The van der Waals surface area contributed by atoms with Gasteiger partial charge in [0.1, 0.15) is 0 Å². The van der Waals surface area contributed by atoms with Gasteiger partial charge in [-0.3, -0.25) is 0 Å². The standard InChI is InChI=1S/C26H24F16O6/c1-3-46-17(44)19(27,28)21(31,32)23(35,36)25(39,40)26(41,42)24(37,38)22(33,34)20(29,30)18(45)48-13-7-5-4-6-12-47-16(43)15-10-8-14(2)9-11-15/h8-11H,3-7,12-13H2,1-2H3.